The summed E-state index contributed by atoms with van der Waals surface area (Å²) in [4.78, 5) is 0. The van der Waals surface area contributed by atoms with Crippen molar-refractivity contribution in [1.82, 2.24) is 5.32 Å². The lowest BCUT2D eigenvalue weighted by Crippen LogP contribution is -2.33. The normalized spacial score (nSPS) is 23.2. The van der Waals surface area contributed by atoms with Gasteiger partial charge in [-0.25, -0.2) is 0 Å². The van der Waals surface area contributed by atoms with E-state index in [1.807, 2.05) is 19.1 Å². The third-order valence-electron chi connectivity index (χ3n) is 3.70. The van der Waals surface area contributed by atoms with Crippen LogP contribution in [0, 0.1) is 5.92 Å². The Morgan fingerprint density at radius 1 is 1.28 bits per heavy atom. The Morgan fingerprint density at radius 2 is 2.06 bits per heavy atom. The van der Waals surface area contributed by atoms with E-state index in [4.69, 9.17) is 4.74 Å². The quantitative estimate of drug-likeness (QED) is 0.813. The van der Waals surface area contributed by atoms with Gasteiger partial charge in [0.15, 0.2) is 0 Å². The molecule has 1 aromatic rings. The molecule has 0 radical (unpaired) electrons. The zero-order valence-electron chi connectivity index (χ0n) is 11.1. The molecule has 3 heteroatoms. The minimum absolute atomic E-state index is 0.306. The van der Waals surface area contributed by atoms with Crippen LogP contribution < -0.4 is 10.1 Å². The molecule has 100 valence electrons. The average Bonchev–Trinajstić information content (AvgIpc) is 2.86. The first-order valence-electron chi connectivity index (χ1n) is 6.89. The van der Waals surface area contributed by atoms with Crippen LogP contribution in [0.4, 0.5) is 0 Å². The van der Waals surface area contributed by atoms with E-state index in [0.29, 0.717) is 25.2 Å². The minimum Gasteiger partial charge on any atom is -0.494 e. The van der Waals surface area contributed by atoms with Crippen molar-refractivity contribution in [3.63, 3.8) is 0 Å². The van der Waals surface area contributed by atoms with Gasteiger partial charge in [0.1, 0.15) is 5.75 Å². The maximum Gasteiger partial charge on any atom is 0.119 e. The van der Waals surface area contributed by atoms with Gasteiger partial charge in [-0.3, -0.25) is 0 Å². The zero-order valence-corrected chi connectivity index (χ0v) is 11.1. The van der Waals surface area contributed by atoms with Gasteiger partial charge in [-0.15, -0.1) is 0 Å². The number of rotatable bonds is 6. The summed E-state index contributed by atoms with van der Waals surface area (Å²) in [5.41, 5.74) is 1.27. The Hall–Kier alpha value is -1.06. The van der Waals surface area contributed by atoms with Gasteiger partial charge in [0.05, 0.1) is 6.61 Å². The number of ether oxygens (including phenoxy) is 1. The van der Waals surface area contributed by atoms with Crippen LogP contribution in [0.2, 0.25) is 0 Å². The molecule has 0 heterocycles. The third-order valence-corrected chi connectivity index (χ3v) is 3.70. The van der Waals surface area contributed by atoms with Crippen LogP contribution in [0.5, 0.6) is 5.75 Å². The van der Waals surface area contributed by atoms with Crippen molar-refractivity contribution >= 4 is 0 Å². The summed E-state index contributed by atoms with van der Waals surface area (Å²) < 4.78 is 5.42. The summed E-state index contributed by atoms with van der Waals surface area (Å²) in [6.07, 6.45) is 3.56. The van der Waals surface area contributed by atoms with E-state index in [-0.39, 0.29) is 0 Å². The molecule has 18 heavy (non-hydrogen) atoms. The van der Waals surface area contributed by atoms with E-state index < -0.39 is 0 Å². The fourth-order valence-corrected chi connectivity index (χ4v) is 2.64. The second kappa shape index (κ2) is 6.76. The molecule has 0 aromatic heterocycles. The maximum absolute atomic E-state index is 9.27. The lowest BCUT2D eigenvalue weighted by molar-refractivity contribution is 0.205. The first-order chi connectivity index (χ1) is 8.83. The van der Waals surface area contributed by atoms with E-state index in [2.05, 4.69) is 17.4 Å². The monoisotopic (exact) mass is 249 g/mol. The van der Waals surface area contributed by atoms with Crippen LogP contribution in [0.3, 0.4) is 0 Å². The molecule has 0 spiro atoms. The molecule has 0 saturated heterocycles. The van der Waals surface area contributed by atoms with Crippen molar-refractivity contribution < 1.29 is 9.84 Å². The van der Waals surface area contributed by atoms with Crippen LogP contribution >= 0.6 is 0 Å². The van der Waals surface area contributed by atoms with Crippen LogP contribution in [0.15, 0.2) is 24.3 Å². The highest BCUT2D eigenvalue weighted by Crippen LogP contribution is 2.25. The lowest BCUT2D eigenvalue weighted by atomic mass is 10.0. The van der Waals surface area contributed by atoms with Crippen molar-refractivity contribution in [3.05, 3.63) is 29.8 Å². The Kier molecular flexibility index (Phi) is 5.02. The smallest absolute Gasteiger partial charge is 0.119 e. The summed E-state index contributed by atoms with van der Waals surface area (Å²) in [5.74, 6) is 1.36. The van der Waals surface area contributed by atoms with Crippen LogP contribution in [-0.2, 0) is 6.54 Å². The number of hydrogen-bond acceptors (Lipinski definition) is 3. The highest BCUT2D eigenvalue weighted by molar-refractivity contribution is 5.27. The predicted molar refractivity (Wildman–Crippen MR) is 72.7 cm³/mol. The largest absolute Gasteiger partial charge is 0.494 e. The molecular formula is C15H23NO2. The number of aliphatic hydroxyl groups is 1. The van der Waals surface area contributed by atoms with E-state index >= 15 is 0 Å². The van der Waals surface area contributed by atoms with Crippen molar-refractivity contribution in [1.29, 1.82) is 0 Å². The van der Waals surface area contributed by atoms with E-state index in [0.717, 1.165) is 18.7 Å². The standard InChI is InChI=1S/C15H23NO2/c1-2-18-14-8-6-12(7-9-14)10-16-15-5-3-4-13(15)11-17/h6-9,13,15-17H,2-5,10-11H2,1H3. The SMILES string of the molecule is CCOc1ccc(CNC2CCCC2CO)cc1. The molecule has 2 N–H and O–H groups in total. The van der Waals surface area contributed by atoms with Gasteiger partial charge in [0.2, 0.25) is 0 Å². The predicted octanol–water partition coefficient (Wildman–Crippen LogP) is 2.34. The summed E-state index contributed by atoms with van der Waals surface area (Å²) in [6, 6.07) is 8.70. The van der Waals surface area contributed by atoms with Gasteiger partial charge < -0.3 is 15.2 Å². The minimum atomic E-state index is 0.306. The van der Waals surface area contributed by atoms with Crippen molar-refractivity contribution in [2.45, 2.75) is 38.8 Å². The first kappa shape index (κ1) is 13.4. The second-order valence-corrected chi connectivity index (χ2v) is 4.94. The van der Waals surface area contributed by atoms with E-state index in [1.165, 1.54) is 18.4 Å². The topological polar surface area (TPSA) is 41.5 Å². The summed E-state index contributed by atoms with van der Waals surface area (Å²) >= 11 is 0. The molecular weight excluding hydrogens is 226 g/mol. The van der Waals surface area contributed by atoms with Gasteiger partial charge in [-0.2, -0.15) is 0 Å². The Balaban J connectivity index is 1.82. The van der Waals surface area contributed by atoms with Gasteiger partial charge in [-0.05, 0) is 43.4 Å². The molecule has 0 bridgehead atoms. The fraction of sp³-hybridized carbons (Fsp3) is 0.600. The van der Waals surface area contributed by atoms with Crippen LogP contribution in [0.25, 0.3) is 0 Å². The highest BCUT2D eigenvalue weighted by Gasteiger charge is 2.25. The van der Waals surface area contributed by atoms with Crippen LogP contribution in [0.1, 0.15) is 31.7 Å². The molecule has 1 aliphatic rings. The van der Waals surface area contributed by atoms with Gasteiger partial charge >= 0.3 is 0 Å². The van der Waals surface area contributed by atoms with Crippen LogP contribution in [-0.4, -0.2) is 24.4 Å². The van der Waals surface area contributed by atoms with Crippen molar-refractivity contribution in [3.8, 4) is 5.75 Å². The van der Waals surface area contributed by atoms with E-state index in [1.54, 1.807) is 0 Å². The number of benzene rings is 1. The highest BCUT2D eigenvalue weighted by atomic mass is 16.5. The summed E-state index contributed by atoms with van der Waals surface area (Å²) in [7, 11) is 0. The fourth-order valence-electron chi connectivity index (χ4n) is 2.64. The molecule has 1 aromatic carbocycles. The first-order valence-corrected chi connectivity index (χ1v) is 6.89. The molecule has 1 aliphatic carbocycles. The Bertz CT molecular complexity index is 350. The van der Waals surface area contributed by atoms with Crippen molar-refractivity contribution in [2.75, 3.05) is 13.2 Å². The average molecular weight is 249 g/mol. The molecule has 2 rings (SSSR count). The molecule has 0 amide bonds. The van der Waals surface area contributed by atoms with Gasteiger partial charge in [0, 0.05) is 19.2 Å². The van der Waals surface area contributed by atoms with Gasteiger partial charge in [0.25, 0.3) is 0 Å². The molecule has 0 aliphatic heterocycles. The summed E-state index contributed by atoms with van der Waals surface area (Å²) in [5, 5.41) is 12.8. The van der Waals surface area contributed by atoms with Gasteiger partial charge in [-0.1, -0.05) is 18.6 Å². The number of hydrogen-bond donors (Lipinski definition) is 2. The number of nitrogens with one attached hydrogen (secondary N) is 1. The molecule has 1 fully saturated rings. The third kappa shape index (κ3) is 3.47. The second-order valence-electron chi connectivity index (χ2n) is 4.94. The lowest BCUT2D eigenvalue weighted by Gasteiger charge is -2.19. The molecule has 1 saturated carbocycles. The molecule has 3 nitrogen and oxygen atoms in total. The van der Waals surface area contributed by atoms with Crippen molar-refractivity contribution in [2.24, 2.45) is 5.92 Å². The maximum atomic E-state index is 9.27. The van der Waals surface area contributed by atoms with E-state index in [9.17, 15) is 5.11 Å². The Labute approximate surface area is 109 Å². The molecule has 2 atom stereocenters. The number of aliphatic hydroxyl groups excluding tert-OH is 1. The summed E-state index contributed by atoms with van der Waals surface area (Å²) in [6.45, 7) is 3.87. The molecule has 2 unspecified atom stereocenters. The Morgan fingerprint density at radius 3 is 2.72 bits per heavy atom. The zero-order chi connectivity index (χ0) is 12.8.